The van der Waals surface area contributed by atoms with Crippen molar-refractivity contribution in [3.8, 4) is 5.75 Å². The van der Waals surface area contributed by atoms with Crippen LogP contribution in [0.5, 0.6) is 5.75 Å². The predicted molar refractivity (Wildman–Crippen MR) is 98.8 cm³/mol. The third-order valence-corrected chi connectivity index (χ3v) is 3.65. The second-order valence-electron chi connectivity index (χ2n) is 5.79. The fraction of sp³-hybridized carbons (Fsp3) is 0.389. The number of methoxy groups -OCH3 is 1. The Kier molecular flexibility index (Phi) is 7.33. The smallest absolute Gasteiger partial charge is 0.127 e. The molecule has 0 aliphatic heterocycles. The highest BCUT2D eigenvalue weighted by atomic mass is 35.5. The second-order valence-corrected chi connectivity index (χ2v) is 5.79. The van der Waals surface area contributed by atoms with Crippen LogP contribution in [-0.2, 0) is 13.1 Å². The number of benzene rings is 1. The van der Waals surface area contributed by atoms with Gasteiger partial charge in [-0.05, 0) is 42.2 Å². The highest BCUT2D eigenvalue weighted by molar-refractivity contribution is 5.85. The maximum absolute atomic E-state index is 5.40. The topological polar surface area (TPSA) is 37.4 Å². The molecule has 5 heteroatoms. The Bertz CT molecular complexity index is 604. The average molecular weight is 336 g/mol. The fourth-order valence-electron chi connectivity index (χ4n) is 2.60. The van der Waals surface area contributed by atoms with Crippen LogP contribution in [0.2, 0.25) is 0 Å². The Morgan fingerprint density at radius 3 is 2.13 bits per heavy atom. The number of aryl methyl sites for hydroxylation is 2. The molecule has 23 heavy (non-hydrogen) atoms. The van der Waals surface area contributed by atoms with Gasteiger partial charge >= 0.3 is 0 Å². The van der Waals surface area contributed by atoms with Crippen molar-refractivity contribution in [3.63, 3.8) is 0 Å². The van der Waals surface area contributed by atoms with Crippen LogP contribution in [0.15, 0.2) is 30.5 Å². The summed E-state index contributed by atoms with van der Waals surface area (Å²) in [4.78, 5) is 6.42. The van der Waals surface area contributed by atoms with Crippen LogP contribution >= 0.6 is 12.4 Å². The molecule has 0 atom stereocenters. The molecule has 2 rings (SSSR count). The van der Waals surface area contributed by atoms with Gasteiger partial charge in [-0.1, -0.05) is 18.2 Å². The molecule has 0 saturated heterocycles. The van der Waals surface area contributed by atoms with Crippen molar-refractivity contribution >= 4 is 18.2 Å². The maximum Gasteiger partial charge on any atom is 0.127 e. The first-order valence-corrected chi connectivity index (χ1v) is 7.48. The first-order chi connectivity index (χ1) is 10.5. The quantitative estimate of drug-likeness (QED) is 0.877. The van der Waals surface area contributed by atoms with Gasteiger partial charge in [0.15, 0.2) is 0 Å². The number of ether oxygens (including phenoxy) is 1. The zero-order chi connectivity index (χ0) is 16.1. The lowest BCUT2D eigenvalue weighted by Crippen LogP contribution is -2.14. The van der Waals surface area contributed by atoms with E-state index in [-0.39, 0.29) is 12.4 Å². The van der Waals surface area contributed by atoms with Crippen LogP contribution in [-0.4, -0.2) is 26.2 Å². The van der Waals surface area contributed by atoms with Gasteiger partial charge in [-0.3, -0.25) is 0 Å². The number of rotatable bonds is 6. The van der Waals surface area contributed by atoms with E-state index >= 15 is 0 Å². The van der Waals surface area contributed by atoms with E-state index in [4.69, 9.17) is 4.74 Å². The molecule has 0 saturated carbocycles. The van der Waals surface area contributed by atoms with Crippen LogP contribution in [0, 0.1) is 13.8 Å². The van der Waals surface area contributed by atoms with E-state index in [0.717, 1.165) is 24.7 Å². The second kappa shape index (κ2) is 8.75. The molecule has 2 aromatic rings. The van der Waals surface area contributed by atoms with Gasteiger partial charge in [0, 0.05) is 33.4 Å². The summed E-state index contributed by atoms with van der Waals surface area (Å²) in [5.41, 5.74) is 4.81. The molecule has 1 aromatic heterocycles. The van der Waals surface area contributed by atoms with Crippen molar-refractivity contribution in [1.29, 1.82) is 0 Å². The van der Waals surface area contributed by atoms with Crippen molar-refractivity contribution in [1.82, 2.24) is 10.3 Å². The minimum absolute atomic E-state index is 0. The zero-order valence-corrected chi connectivity index (χ0v) is 15.3. The first-order valence-electron chi connectivity index (χ1n) is 7.48. The van der Waals surface area contributed by atoms with Crippen LogP contribution < -0.4 is 15.0 Å². The minimum atomic E-state index is 0. The molecule has 1 heterocycles. The summed E-state index contributed by atoms with van der Waals surface area (Å²) in [6.07, 6.45) is 1.92. The number of nitrogens with one attached hydrogen (secondary N) is 1. The largest absolute Gasteiger partial charge is 0.496 e. The van der Waals surface area contributed by atoms with Crippen molar-refractivity contribution in [2.75, 3.05) is 26.1 Å². The van der Waals surface area contributed by atoms with E-state index in [9.17, 15) is 0 Å². The zero-order valence-electron chi connectivity index (χ0n) is 14.5. The van der Waals surface area contributed by atoms with Crippen LogP contribution in [0.3, 0.4) is 0 Å². The van der Waals surface area contributed by atoms with E-state index in [1.807, 2.05) is 31.3 Å². The minimum Gasteiger partial charge on any atom is -0.496 e. The number of hydrogen-bond donors (Lipinski definition) is 1. The van der Waals surface area contributed by atoms with Gasteiger partial charge in [0.1, 0.15) is 11.6 Å². The van der Waals surface area contributed by atoms with Crippen molar-refractivity contribution in [2.45, 2.75) is 26.9 Å². The Hall–Kier alpha value is -1.78. The van der Waals surface area contributed by atoms with Crippen LogP contribution in [0.1, 0.15) is 22.3 Å². The number of pyridine rings is 1. The molecule has 0 bridgehead atoms. The summed E-state index contributed by atoms with van der Waals surface area (Å²) in [5.74, 6) is 1.96. The number of anilines is 1. The molecule has 0 radical (unpaired) electrons. The lowest BCUT2D eigenvalue weighted by molar-refractivity contribution is 0.408. The monoisotopic (exact) mass is 335 g/mol. The third-order valence-electron chi connectivity index (χ3n) is 3.65. The summed E-state index contributed by atoms with van der Waals surface area (Å²) in [6, 6.07) is 8.50. The highest BCUT2D eigenvalue weighted by Gasteiger charge is 2.05. The molecule has 1 aromatic carbocycles. The molecule has 0 spiro atoms. The summed E-state index contributed by atoms with van der Waals surface area (Å²) in [5, 5.41) is 3.46. The normalized spacial score (nSPS) is 10.1. The van der Waals surface area contributed by atoms with Gasteiger partial charge in [0.25, 0.3) is 0 Å². The summed E-state index contributed by atoms with van der Waals surface area (Å²) >= 11 is 0. The molecular weight excluding hydrogens is 310 g/mol. The van der Waals surface area contributed by atoms with E-state index < -0.39 is 0 Å². The van der Waals surface area contributed by atoms with Crippen molar-refractivity contribution < 1.29 is 4.74 Å². The van der Waals surface area contributed by atoms with Gasteiger partial charge in [-0.25, -0.2) is 4.98 Å². The van der Waals surface area contributed by atoms with Gasteiger partial charge in [0.2, 0.25) is 0 Å². The molecular formula is C18H26ClN3O. The van der Waals surface area contributed by atoms with Crippen LogP contribution in [0.25, 0.3) is 0 Å². The van der Waals surface area contributed by atoms with Crippen LogP contribution in [0.4, 0.5) is 5.82 Å². The number of nitrogens with zero attached hydrogens (tertiary/aromatic N) is 2. The molecule has 0 fully saturated rings. The maximum atomic E-state index is 5.40. The average Bonchev–Trinajstić information content (AvgIpc) is 2.47. The molecule has 4 nitrogen and oxygen atoms in total. The molecule has 1 N–H and O–H groups in total. The third kappa shape index (κ3) is 5.12. The van der Waals surface area contributed by atoms with Crippen molar-refractivity contribution in [2.24, 2.45) is 0 Å². The Morgan fingerprint density at radius 2 is 1.65 bits per heavy atom. The summed E-state index contributed by atoms with van der Waals surface area (Å²) in [6.45, 7) is 5.81. The Morgan fingerprint density at radius 1 is 1.04 bits per heavy atom. The van der Waals surface area contributed by atoms with Gasteiger partial charge in [-0.15, -0.1) is 12.4 Å². The fourth-order valence-corrected chi connectivity index (χ4v) is 2.60. The highest BCUT2D eigenvalue weighted by Crippen LogP contribution is 2.24. The first kappa shape index (κ1) is 19.3. The van der Waals surface area contributed by atoms with E-state index in [1.165, 1.54) is 22.3 Å². The predicted octanol–water partition coefficient (Wildman–Crippen LogP) is 3.48. The molecule has 0 aliphatic rings. The number of hydrogen-bond acceptors (Lipinski definition) is 4. The standard InChI is InChI=1S/C18H25N3O.ClH/c1-13-8-16(9-14(2)18(13)22-5)11-19-10-15-6-7-17(20-12-15)21(3)4;/h6-9,12,19H,10-11H2,1-5H3;1H. The lowest BCUT2D eigenvalue weighted by Gasteiger charge is -2.13. The Balaban J connectivity index is 0.00000264. The molecule has 126 valence electrons. The van der Waals surface area contributed by atoms with E-state index in [2.05, 4.69) is 42.3 Å². The molecule has 0 amide bonds. The van der Waals surface area contributed by atoms with E-state index in [1.54, 1.807) is 7.11 Å². The van der Waals surface area contributed by atoms with Crippen molar-refractivity contribution in [3.05, 3.63) is 52.7 Å². The van der Waals surface area contributed by atoms with Gasteiger partial charge < -0.3 is 15.0 Å². The molecule has 0 aliphatic carbocycles. The lowest BCUT2D eigenvalue weighted by atomic mass is 10.1. The van der Waals surface area contributed by atoms with Gasteiger partial charge in [-0.2, -0.15) is 0 Å². The SMILES string of the molecule is COc1c(C)cc(CNCc2ccc(N(C)C)nc2)cc1C.Cl. The summed E-state index contributed by atoms with van der Waals surface area (Å²) < 4.78 is 5.40. The Labute approximate surface area is 145 Å². The number of halogens is 1. The summed E-state index contributed by atoms with van der Waals surface area (Å²) in [7, 11) is 5.71. The molecule has 0 unspecified atom stereocenters. The van der Waals surface area contributed by atoms with Gasteiger partial charge in [0.05, 0.1) is 7.11 Å². The van der Waals surface area contributed by atoms with E-state index in [0.29, 0.717) is 0 Å². The number of aromatic nitrogens is 1.